The monoisotopic (exact) mass is 431 g/mol. The van der Waals surface area contributed by atoms with Crippen molar-refractivity contribution in [2.45, 2.75) is 18.7 Å². The molecule has 0 bridgehead atoms. The Labute approximate surface area is 185 Å². The third kappa shape index (κ3) is 2.96. The molecular weight excluding hydrogens is 408 g/mol. The van der Waals surface area contributed by atoms with Gasteiger partial charge in [0.2, 0.25) is 5.52 Å². The molecule has 1 aliphatic heterocycles. The number of rotatable bonds is 2. The summed E-state index contributed by atoms with van der Waals surface area (Å²) in [6.45, 7) is 8.43. The molecule has 5 rings (SSSR count). The number of hydrogen-bond acceptors (Lipinski definition) is 4. The number of thioether (sulfide) groups is 1. The van der Waals surface area contributed by atoms with Gasteiger partial charge in [-0.2, -0.15) is 4.57 Å². The first-order valence-electron chi connectivity index (χ1n) is 9.92. The highest BCUT2D eigenvalue weighted by Gasteiger charge is 2.39. The Kier molecular flexibility index (Phi) is 4.49. The van der Waals surface area contributed by atoms with Gasteiger partial charge in [0.25, 0.3) is 5.01 Å². The zero-order valence-electron chi connectivity index (χ0n) is 17.5. The van der Waals surface area contributed by atoms with Crippen LogP contribution in [0.15, 0.2) is 70.1 Å². The van der Waals surface area contributed by atoms with Gasteiger partial charge < -0.3 is 4.90 Å². The largest absolute Gasteiger partial charge is 0.338 e. The van der Waals surface area contributed by atoms with Crippen LogP contribution in [-0.2, 0) is 11.8 Å². The number of Topliss-reactive ketones (excluding diaryl/α,β-unsaturated/α-hetero) is 1. The van der Waals surface area contributed by atoms with Crippen molar-refractivity contribution in [2.24, 2.45) is 13.0 Å². The summed E-state index contributed by atoms with van der Waals surface area (Å²) >= 11 is 3.43. The molecule has 0 N–H and O–H groups in total. The van der Waals surface area contributed by atoms with E-state index in [1.807, 2.05) is 6.08 Å². The number of carbonyl (C=O) groups excluding carboxylic acids is 1. The Hall–Kier alpha value is -2.63. The summed E-state index contributed by atoms with van der Waals surface area (Å²) in [6.07, 6.45) is 4.07. The fourth-order valence-corrected chi connectivity index (χ4v) is 6.18. The van der Waals surface area contributed by atoms with Crippen molar-refractivity contribution < 1.29 is 9.36 Å². The molecule has 30 heavy (non-hydrogen) atoms. The van der Waals surface area contributed by atoms with Crippen LogP contribution in [0, 0.1) is 19.8 Å². The van der Waals surface area contributed by atoms with E-state index in [4.69, 9.17) is 0 Å². The molecule has 0 saturated heterocycles. The maximum absolute atomic E-state index is 13.0. The van der Waals surface area contributed by atoms with E-state index in [1.54, 1.807) is 23.1 Å². The minimum Gasteiger partial charge on any atom is -0.338 e. The van der Waals surface area contributed by atoms with Gasteiger partial charge >= 0.3 is 0 Å². The predicted octanol–water partition coefficient (Wildman–Crippen LogP) is 5.56. The average molecular weight is 432 g/mol. The summed E-state index contributed by atoms with van der Waals surface area (Å²) in [5.41, 5.74) is 6.52. The van der Waals surface area contributed by atoms with Crippen LogP contribution in [0.1, 0.15) is 16.1 Å². The summed E-state index contributed by atoms with van der Waals surface area (Å²) in [6, 6.07) is 12.9. The summed E-state index contributed by atoms with van der Waals surface area (Å²) in [5, 5.41) is 2.17. The lowest BCUT2D eigenvalue weighted by Crippen LogP contribution is -2.33. The fraction of sp³-hybridized carbons (Fsp3) is 0.200. The Bertz CT molecular complexity index is 1290. The number of ketones is 1. The lowest BCUT2D eigenvalue weighted by Gasteiger charge is -2.29. The molecule has 0 radical (unpaired) electrons. The molecule has 1 aromatic heterocycles. The summed E-state index contributed by atoms with van der Waals surface area (Å²) < 4.78 is 3.38. The molecule has 3 nitrogen and oxygen atoms in total. The van der Waals surface area contributed by atoms with Crippen molar-refractivity contribution in [1.29, 1.82) is 0 Å². The molecular formula is C25H23N2OS2+. The van der Waals surface area contributed by atoms with Crippen LogP contribution in [-0.4, -0.2) is 12.8 Å². The van der Waals surface area contributed by atoms with Crippen LogP contribution < -0.4 is 9.47 Å². The molecule has 0 amide bonds. The molecule has 1 atom stereocenters. The van der Waals surface area contributed by atoms with Crippen LogP contribution >= 0.6 is 23.1 Å². The fourth-order valence-electron chi connectivity index (χ4n) is 4.00. The quantitative estimate of drug-likeness (QED) is 0.392. The zero-order chi connectivity index (χ0) is 21.2. The molecule has 3 aromatic rings. The molecule has 1 unspecified atom stereocenters. The van der Waals surface area contributed by atoms with E-state index in [0.717, 1.165) is 21.2 Å². The highest BCUT2D eigenvalue weighted by atomic mass is 32.2. The number of aryl methyl sites for hydroxylation is 3. The molecule has 2 aliphatic rings. The minimum absolute atomic E-state index is 0.155. The summed E-state index contributed by atoms with van der Waals surface area (Å²) in [5.74, 6) is -0.0826. The van der Waals surface area contributed by atoms with Crippen molar-refractivity contribution in [2.75, 3.05) is 11.9 Å². The maximum Gasteiger partial charge on any atom is 0.263 e. The Morgan fingerprint density at radius 1 is 1.13 bits per heavy atom. The standard InChI is InChI=1S/C25H23N2OS2/c1-14-6-8-21-19(10-14)26(4)23(29-21)12-17-16(3)18(25(17)28)13-24-27(5)20-11-15(2)7-9-22(20)30-24/h6-13,17H,3H2,1-2,4-5H3/q+1. The average Bonchev–Trinajstić information content (AvgIpc) is 3.21. The Balaban J connectivity index is 1.42. The second kappa shape index (κ2) is 6.96. The van der Waals surface area contributed by atoms with E-state index in [1.165, 1.54) is 31.9 Å². The van der Waals surface area contributed by atoms with Crippen LogP contribution in [0.4, 0.5) is 5.69 Å². The normalized spacial score (nSPS) is 21.1. The van der Waals surface area contributed by atoms with E-state index in [2.05, 4.69) is 86.5 Å². The first-order valence-corrected chi connectivity index (χ1v) is 11.5. The van der Waals surface area contributed by atoms with Gasteiger partial charge in [0.15, 0.2) is 5.78 Å². The second-order valence-electron chi connectivity index (χ2n) is 8.03. The van der Waals surface area contributed by atoms with Crippen LogP contribution in [0.5, 0.6) is 0 Å². The van der Waals surface area contributed by atoms with Gasteiger partial charge in [0.05, 0.1) is 16.6 Å². The van der Waals surface area contributed by atoms with Gasteiger partial charge in [0.1, 0.15) is 11.7 Å². The van der Waals surface area contributed by atoms with Gasteiger partial charge in [-0.25, -0.2) is 0 Å². The van der Waals surface area contributed by atoms with Crippen molar-refractivity contribution >= 4 is 50.9 Å². The van der Waals surface area contributed by atoms with Crippen LogP contribution in [0.2, 0.25) is 0 Å². The van der Waals surface area contributed by atoms with Crippen molar-refractivity contribution in [3.63, 3.8) is 0 Å². The molecule has 1 aliphatic carbocycles. The third-order valence-electron chi connectivity index (χ3n) is 5.89. The number of nitrogens with zero attached hydrogens (tertiary/aromatic N) is 2. The number of carbonyl (C=O) groups is 1. The van der Waals surface area contributed by atoms with E-state index < -0.39 is 0 Å². The number of anilines is 1. The maximum atomic E-state index is 13.0. The molecule has 150 valence electrons. The van der Waals surface area contributed by atoms with Gasteiger partial charge in [-0.3, -0.25) is 4.79 Å². The van der Waals surface area contributed by atoms with Crippen molar-refractivity contribution in [3.8, 4) is 0 Å². The highest BCUT2D eigenvalue weighted by molar-refractivity contribution is 8.03. The number of thiazole rings is 1. The second-order valence-corrected chi connectivity index (χ2v) is 10.2. The smallest absolute Gasteiger partial charge is 0.263 e. The van der Waals surface area contributed by atoms with E-state index in [-0.39, 0.29) is 11.7 Å². The van der Waals surface area contributed by atoms with E-state index in [0.29, 0.717) is 0 Å². The predicted molar refractivity (Wildman–Crippen MR) is 127 cm³/mol. The summed E-state index contributed by atoms with van der Waals surface area (Å²) in [4.78, 5) is 16.4. The Morgan fingerprint density at radius 3 is 2.63 bits per heavy atom. The lowest BCUT2D eigenvalue weighted by atomic mass is 9.74. The number of hydrogen-bond donors (Lipinski definition) is 0. The van der Waals surface area contributed by atoms with Gasteiger partial charge in [-0.15, -0.1) is 0 Å². The summed E-state index contributed by atoms with van der Waals surface area (Å²) in [7, 11) is 4.12. The number of allylic oxidation sites excluding steroid dienone is 3. The van der Waals surface area contributed by atoms with Gasteiger partial charge in [-0.05, 0) is 54.8 Å². The topological polar surface area (TPSA) is 24.2 Å². The van der Waals surface area contributed by atoms with Crippen molar-refractivity contribution in [3.05, 3.63) is 81.4 Å². The molecule has 0 spiro atoms. The lowest BCUT2D eigenvalue weighted by molar-refractivity contribution is -0.642. The minimum atomic E-state index is -0.237. The molecule has 1 saturated carbocycles. The number of aromatic nitrogens is 1. The van der Waals surface area contributed by atoms with Gasteiger partial charge in [-0.1, -0.05) is 41.8 Å². The van der Waals surface area contributed by atoms with E-state index >= 15 is 0 Å². The van der Waals surface area contributed by atoms with Crippen LogP contribution in [0.25, 0.3) is 16.3 Å². The molecule has 1 fully saturated rings. The third-order valence-corrected chi connectivity index (χ3v) is 8.24. The first kappa shape index (κ1) is 19.3. The van der Waals surface area contributed by atoms with Crippen molar-refractivity contribution in [1.82, 2.24) is 0 Å². The Morgan fingerprint density at radius 2 is 1.87 bits per heavy atom. The number of benzene rings is 2. The SMILES string of the molecule is C=C1C(=Cc2sc3ccc(C)cc3[n+]2C)C(=O)C1C=C1Sc2ccc(C)cc2N1C. The molecule has 2 aromatic carbocycles. The number of fused-ring (bicyclic) bond motifs is 2. The highest BCUT2D eigenvalue weighted by Crippen LogP contribution is 2.48. The molecule has 5 heteroatoms. The van der Waals surface area contributed by atoms with Crippen LogP contribution in [0.3, 0.4) is 0 Å². The van der Waals surface area contributed by atoms with Gasteiger partial charge in [0, 0.05) is 29.7 Å². The molecule has 2 heterocycles. The zero-order valence-corrected chi connectivity index (χ0v) is 19.2. The first-order chi connectivity index (χ1) is 14.3. The van der Waals surface area contributed by atoms with E-state index in [9.17, 15) is 4.79 Å².